The monoisotopic (exact) mass is 585 g/mol. The van der Waals surface area contributed by atoms with E-state index in [1.807, 2.05) is 49.8 Å². The van der Waals surface area contributed by atoms with Gasteiger partial charge in [-0.15, -0.1) is 11.3 Å². The lowest BCUT2D eigenvalue weighted by Crippen LogP contribution is -2.21. The first kappa shape index (κ1) is 26.6. The summed E-state index contributed by atoms with van der Waals surface area (Å²) in [7, 11) is 2.02. The summed E-state index contributed by atoms with van der Waals surface area (Å²) in [5, 5.41) is 7.69. The van der Waals surface area contributed by atoms with Crippen LogP contribution in [0.1, 0.15) is 67.9 Å². The molecule has 2 saturated carbocycles. The molecule has 0 saturated heterocycles. The molecule has 41 heavy (non-hydrogen) atoms. The van der Waals surface area contributed by atoms with Crippen molar-refractivity contribution in [1.82, 2.24) is 14.8 Å². The van der Waals surface area contributed by atoms with E-state index in [1.54, 1.807) is 11.3 Å². The Balaban J connectivity index is 1.42. The highest BCUT2D eigenvalue weighted by Crippen LogP contribution is 2.46. The van der Waals surface area contributed by atoms with E-state index in [-0.39, 0.29) is 12.1 Å². The van der Waals surface area contributed by atoms with Crippen molar-refractivity contribution in [3.05, 3.63) is 70.4 Å². The molecule has 0 radical (unpaired) electrons. The SMILES string of the molecule is CCOC(=O)[C@@H](OC1CC1)c1c(C)cc2nc(-c3ccc4c(c3)c(C3CCC3)nn4C)sc2c1-c1ccc(Cl)cc1. The van der Waals surface area contributed by atoms with E-state index < -0.39 is 6.10 Å². The van der Waals surface area contributed by atoms with E-state index in [2.05, 4.69) is 24.3 Å². The van der Waals surface area contributed by atoms with Gasteiger partial charge in [-0.05, 0) is 87.1 Å². The number of hydrogen-bond donors (Lipinski definition) is 0. The molecule has 0 spiro atoms. The minimum atomic E-state index is -0.806. The number of fused-ring (bicyclic) bond motifs is 2. The van der Waals surface area contributed by atoms with Gasteiger partial charge in [0, 0.05) is 40.1 Å². The zero-order chi connectivity index (χ0) is 28.2. The molecule has 1 atom stereocenters. The lowest BCUT2D eigenvalue weighted by atomic mass is 9.82. The normalized spacial score (nSPS) is 16.3. The Hall–Kier alpha value is -3.26. The summed E-state index contributed by atoms with van der Waals surface area (Å²) in [6.45, 7) is 4.15. The van der Waals surface area contributed by atoms with Gasteiger partial charge in [-0.3, -0.25) is 4.68 Å². The number of carbonyl (C=O) groups is 1. The lowest BCUT2D eigenvalue weighted by molar-refractivity contribution is -0.158. The zero-order valence-electron chi connectivity index (χ0n) is 23.4. The first-order valence-corrected chi connectivity index (χ1v) is 15.6. The Morgan fingerprint density at radius 3 is 2.54 bits per heavy atom. The van der Waals surface area contributed by atoms with Gasteiger partial charge in [0.15, 0.2) is 6.10 Å². The van der Waals surface area contributed by atoms with Crippen LogP contribution in [0.5, 0.6) is 0 Å². The second kappa shape index (κ2) is 10.5. The van der Waals surface area contributed by atoms with E-state index in [0.29, 0.717) is 17.5 Å². The second-order valence-corrected chi connectivity index (χ2v) is 12.6. The smallest absolute Gasteiger partial charge is 0.339 e. The van der Waals surface area contributed by atoms with Crippen LogP contribution in [-0.4, -0.2) is 33.4 Å². The topological polar surface area (TPSA) is 66.2 Å². The number of benzene rings is 3. The third-order valence-electron chi connectivity index (χ3n) is 8.29. The van der Waals surface area contributed by atoms with Gasteiger partial charge in [0.1, 0.15) is 5.01 Å². The number of carbonyl (C=O) groups excluding carboxylic acids is 1. The summed E-state index contributed by atoms with van der Waals surface area (Å²) in [5.41, 5.74) is 8.04. The third kappa shape index (κ3) is 4.84. The number of aryl methyl sites for hydroxylation is 2. The van der Waals surface area contributed by atoms with Crippen molar-refractivity contribution < 1.29 is 14.3 Å². The highest BCUT2D eigenvalue weighted by atomic mass is 35.5. The van der Waals surface area contributed by atoms with Gasteiger partial charge >= 0.3 is 5.97 Å². The van der Waals surface area contributed by atoms with E-state index >= 15 is 0 Å². The fourth-order valence-electron chi connectivity index (χ4n) is 5.84. The van der Waals surface area contributed by atoms with Gasteiger partial charge < -0.3 is 9.47 Å². The molecule has 3 aromatic carbocycles. The van der Waals surface area contributed by atoms with Crippen molar-refractivity contribution in [3.8, 4) is 21.7 Å². The summed E-state index contributed by atoms with van der Waals surface area (Å²) in [5.74, 6) is 0.185. The van der Waals surface area contributed by atoms with E-state index in [9.17, 15) is 4.79 Å². The van der Waals surface area contributed by atoms with Crippen LogP contribution in [0, 0.1) is 6.92 Å². The Kier molecular flexibility index (Phi) is 6.84. The maximum Gasteiger partial charge on any atom is 0.339 e. The molecular weight excluding hydrogens is 554 g/mol. The van der Waals surface area contributed by atoms with Gasteiger partial charge in [-0.1, -0.05) is 30.2 Å². The third-order valence-corrected chi connectivity index (χ3v) is 9.68. The van der Waals surface area contributed by atoms with E-state index in [0.717, 1.165) is 61.4 Å². The average molecular weight is 586 g/mol. The molecule has 2 aromatic heterocycles. The lowest BCUT2D eigenvalue weighted by Gasteiger charge is -2.23. The van der Waals surface area contributed by atoms with Crippen LogP contribution < -0.4 is 0 Å². The molecule has 0 amide bonds. The van der Waals surface area contributed by atoms with Crippen LogP contribution in [0.25, 0.3) is 42.8 Å². The Labute approximate surface area is 248 Å². The van der Waals surface area contributed by atoms with Crippen molar-refractivity contribution in [3.63, 3.8) is 0 Å². The zero-order valence-corrected chi connectivity index (χ0v) is 25.0. The van der Waals surface area contributed by atoms with Crippen molar-refractivity contribution in [2.45, 2.75) is 64.1 Å². The van der Waals surface area contributed by atoms with Crippen LogP contribution in [0.15, 0.2) is 48.5 Å². The quantitative estimate of drug-likeness (QED) is 0.171. The van der Waals surface area contributed by atoms with Crippen molar-refractivity contribution >= 4 is 50.0 Å². The predicted octanol–water partition coefficient (Wildman–Crippen LogP) is 8.53. The maximum atomic E-state index is 13.3. The highest BCUT2D eigenvalue weighted by Gasteiger charge is 2.36. The number of halogens is 1. The van der Waals surface area contributed by atoms with Crippen molar-refractivity contribution in [2.24, 2.45) is 7.05 Å². The van der Waals surface area contributed by atoms with Gasteiger partial charge in [0.2, 0.25) is 0 Å². The van der Waals surface area contributed by atoms with Crippen LogP contribution >= 0.6 is 22.9 Å². The Morgan fingerprint density at radius 1 is 1.10 bits per heavy atom. The van der Waals surface area contributed by atoms with Gasteiger partial charge in [-0.2, -0.15) is 5.10 Å². The second-order valence-electron chi connectivity index (χ2n) is 11.2. The Bertz CT molecular complexity index is 1780. The number of hydrogen-bond acceptors (Lipinski definition) is 6. The fourth-order valence-corrected chi connectivity index (χ4v) is 7.09. The van der Waals surface area contributed by atoms with Gasteiger partial charge in [-0.25, -0.2) is 9.78 Å². The Morgan fingerprint density at radius 2 is 1.85 bits per heavy atom. The molecule has 0 unspecified atom stereocenters. The fraction of sp³-hybridized carbons (Fsp3) is 0.364. The molecule has 8 heteroatoms. The summed E-state index contributed by atoms with van der Waals surface area (Å²) in [6.07, 6.45) is 4.86. The first-order chi connectivity index (χ1) is 19.9. The largest absolute Gasteiger partial charge is 0.464 e. The molecule has 6 nitrogen and oxygen atoms in total. The summed E-state index contributed by atoms with van der Waals surface area (Å²) in [4.78, 5) is 18.4. The van der Waals surface area contributed by atoms with E-state index in [4.69, 9.17) is 31.2 Å². The predicted molar refractivity (Wildman–Crippen MR) is 165 cm³/mol. The minimum Gasteiger partial charge on any atom is -0.464 e. The summed E-state index contributed by atoms with van der Waals surface area (Å²) in [6, 6.07) is 16.4. The molecule has 0 aliphatic heterocycles. The molecule has 7 rings (SSSR count). The van der Waals surface area contributed by atoms with Crippen LogP contribution in [0.3, 0.4) is 0 Å². The summed E-state index contributed by atoms with van der Waals surface area (Å²) < 4.78 is 14.9. The van der Waals surface area contributed by atoms with E-state index in [1.165, 1.54) is 30.3 Å². The first-order valence-electron chi connectivity index (χ1n) is 14.4. The number of thiazole rings is 1. The maximum absolute atomic E-state index is 13.3. The van der Waals surface area contributed by atoms with Gasteiger partial charge in [0.25, 0.3) is 0 Å². The number of nitrogens with zero attached hydrogens (tertiary/aromatic N) is 3. The number of ether oxygens (including phenoxy) is 2. The molecule has 2 aliphatic carbocycles. The van der Waals surface area contributed by atoms with Crippen molar-refractivity contribution in [1.29, 1.82) is 0 Å². The van der Waals surface area contributed by atoms with Crippen LogP contribution in [0.2, 0.25) is 5.02 Å². The minimum absolute atomic E-state index is 0.0747. The van der Waals surface area contributed by atoms with Crippen molar-refractivity contribution in [2.75, 3.05) is 6.61 Å². The molecule has 210 valence electrons. The van der Waals surface area contributed by atoms with Gasteiger partial charge in [0.05, 0.1) is 34.1 Å². The van der Waals surface area contributed by atoms with Crippen LogP contribution in [0.4, 0.5) is 0 Å². The molecular formula is C33H32ClN3O3S. The number of esters is 1. The standard InChI is InChI=1S/C33H32ClN3O3S/c1-4-39-33(38)30(40-23-13-14-23)27-18(2)16-25-31(28(27)19-8-11-22(34)12-9-19)41-32(35-25)21-10-15-26-24(17-21)29(36-37(26)3)20-6-5-7-20/h8-12,15-17,20,23,30H,4-7,13-14H2,1-3H3/t30-/m0/s1. The molecule has 0 bridgehead atoms. The molecule has 5 aromatic rings. The molecule has 0 N–H and O–H groups in total. The molecule has 2 heterocycles. The molecule has 2 fully saturated rings. The highest BCUT2D eigenvalue weighted by molar-refractivity contribution is 7.22. The number of rotatable bonds is 8. The van der Waals surface area contributed by atoms with Crippen LogP contribution in [-0.2, 0) is 21.3 Å². The average Bonchev–Trinajstić information content (AvgIpc) is 3.57. The summed E-state index contributed by atoms with van der Waals surface area (Å²) >= 11 is 7.93. The number of aromatic nitrogens is 3. The molecule has 2 aliphatic rings.